The van der Waals surface area contributed by atoms with Gasteiger partial charge < -0.3 is 14.5 Å². The topological polar surface area (TPSA) is 51.5 Å². The summed E-state index contributed by atoms with van der Waals surface area (Å²) >= 11 is 0. The third kappa shape index (κ3) is 3.93. The standard InChI is InChI=1S/C13H21NO3S/c1-2-14-9-11-3-4-12(17-11)10-18(15)13-5-7-16-8-6-13/h3-4,13-14H,2,5-10H2,1H3. The highest BCUT2D eigenvalue weighted by Crippen LogP contribution is 2.18. The molecular formula is C13H21NO3S. The minimum absolute atomic E-state index is 0.265. The highest BCUT2D eigenvalue weighted by molar-refractivity contribution is 7.84. The Bertz CT molecular complexity index is 385. The van der Waals surface area contributed by atoms with E-state index in [-0.39, 0.29) is 5.25 Å². The Labute approximate surface area is 111 Å². The summed E-state index contributed by atoms with van der Waals surface area (Å²) in [5.41, 5.74) is 0. The van der Waals surface area contributed by atoms with Crippen molar-refractivity contribution in [3.05, 3.63) is 23.7 Å². The zero-order valence-corrected chi connectivity index (χ0v) is 11.6. The maximum atomic E-state index is 12.2. The lowest BCUT2D eigenvalue weighted by Crippen LogP contribution is -2.25. The third-order valence-electron chi connectivity index (χ3n) is 3.09. The van der Waals surface area contributed by atoms with E-state index in [4.69, 9.17) is 9.15 Å². The Hall–Kier alpha value is -0.650. The number of nitrogens with one attached hydrogen (secondary N) is 1. The van der Waals surface area contributed by atoms with Crippen molar-refractivity contribution in [2.45, 2.75) is 37.3 Å². The summed E-state index contributed by atoms with van der Waals surface area (Å²) in [5.74, 6) is 2.26. The molecule has 1 N–H and O–H groups in total. The van der Waals surface area contributed by atoms with Crippen LogP contribution < -0.4 is 5.32 Å². The van der Waals surface area contributed by atoms with E-state index < -0.39 is 10.8 Å². The molecule has 4 nitrogen and oxygen atoms in total. The van der Waals surface area contributed by atoms with Crippen molar-refractivity contribution >= 4 is 10.8 Å². The molecule has 1 unspecified atom stereocenters. The summed E-state index contributed by atoms with van der Waals surface area (Å²) in [6, 6.07) is 3.89. The van der Waals surface area contributed by atoms with Gasteiger partial charge in [0.05, 0.1) is 12.3 Å². The third-order valence-corrected chi connectivity index (χ3v) is 4.88. The van der Waals surface area contributed by atoms with Gasteiger partial charge in [0.2, 0.25) is 0 Å². The van der Waals surface area contributed by atoms with Crippen LogP contribution in [0.5, 0.6) is 0 Å². The van der Waals surface area contributed by atoms with E-state index in [0.717, 1.165) is 50.7 Å². The van der Waals surface area contributed by atoms with Crippen molar-refractivity contribution < 1.29 is 13.4 Å². The van der Waals surface area contributed by atoms with Crippen molar-refractivity contribution in [2.75, 3.05) is 19.8 Å². The monoisotopic (exact) mass is 271 g/mol. The molecule has 1 aromatic heterocycles. The van der Waals surface area contributed by atoms with Gasteiger partial charge in [-0.15, -0.1) is 0 Å². The van der Waals surface area contributed by atoms with Crippen LogP contribution in [0, 0.1) is 0 Å². The normalized spacial score (nSPS) is 18.9. The predicted molar refractivity (Wildman–Crippen MR) is 71.8 cm³/mol. The lowest BCUT2D eigenvalue weighted by Gasteiger charge is -2.20. The number of ether oxygens (including phenoxy) is 1. The molecule has 5 heteroatoms. The van der Waals surface area contributed by atoms with Crippen LogP contribution in [-0.4, -0.2) is 29.2 Å². The second-order valence-electron chi connectivity index (χ2n) is 4.49. The first-order valence-corrected chi connectivity index (χ1v) is 7.91. The first-order chi connectivity index (χ1) is 8.79. The van der Waals surface area contributed by atoms with E-state index in [1.165, 1.54) is 0 Å². The molecular weight excluding hydrogens is 250 g/mol. The van der Waals surface area contributed by atoms with E-state index in [9.17, 15) is 4.21 Å². The molecule has 0 spiro atoms. The Morgan fingerprint density at radius 2 is 2.06 bits per heavy atom. The SMILES string of the molecule is CCNCc1ccc(CS(=O)C2CCOCC2)o1. The van der Waals surface area contributed by atoms with Gasteiger partial charge in [-0.2, -0.15) is 0 Å². The number of hydrogen-bond donors (Lipinski definition) is 1. The fourth-order valence-corrected chi connectivity index (χ4v) is 3.43. The first-order valence-electron chi connectivity index (χ1n) is 6.53. The Morgan fingerprint density at radius 1 is 1.33 bits per heavy atom. The van der Waals surface area contributed by atoms with Crippen LogP contribution >= 0.6 is 0 Å². The molecule has 0 aliphatic carbocycles. The molecule has 0 bridgehead atoms. The number of hydrogen-bond acceptors (Lipinski definition) is 4. The minimum atomic E-state index is -0.844. The maximum absolute atomic E-state index is 12.2. The molecule has 1 fully saturated rings. The average Bonchev–Trinajstić information content (AvgIpc) is 2.85. The van der Waals surface area contributed by atoms with Gasteiger partial charge in [0.15, 0.2) is 0 Å². The van der Waals surface area contributed by atoms with Crippen molar-refractivity contribution in [1.29, 1.82) is 0 Å². The summed E-state index contributed by atoms with van der Waals surface area (Å²) in [6.45, 7) is 5.19. The molecule has 1 atom stereocenters. The zero-order chi connectivity index (χ0) is 12.8. The van der Waals surface area contributed by atoms with Crippen LogP contribution in [0.4, 0.5) is 0 Å². The lowest BCUT2D eigenvalue weighted by atomic mass is 10.2. The molecule has 0 saturated carbocycles. The quantitative estimate of drug-likeness (QED) is 0.857. The van der Waals surface area contributed by atoms with Gasteiger partial charge in [0.25, 0.3) is 0 Å². The van der Waals surface area contributed by atoms with Crippen LogP contribution in [0.15, 0.2) is 16.5 Å². The van der Waals surface area contributed by atoms with Gasteiger partial charge in [-0.05, 0) is 31.5 Å². The van der Waals surface area contributed by atoms with Crippen LogP contribution in [-0.2, 0) is 27.8 Å². The van der Waals surface area contributed by atoms with Gasteiger partial charge in [-0.3, -0.25) is 4.21 Å². The molecule has 1 aliphatic rings. The van der Waals surface area contributed by atoms with E-state index in [1.54, 1.807) is 0 Å². The summed E-state index contributed by atoms with van der Waals surface area (Å²) < 4.78 is 23.1. The van der Waals surface area contributed by atoms with Crippen molar-refractivity contribution in [2.24, 2.45) is 0 Å². The molecule has 1 saturated heterocycles. The summed E-state index contributed by atoms with van der Waals surface area (Å²) in [6.07, 6.45) is 1.80. The first kappa shape index (κ1) is 13.8. The fraction of sp³-hybridized carbons (Fsp3) is 0.692. The molecule has 2 heterocycles. The number of rotatable bonds is 6. The molecule has 0 amide bonds. The van der Waals surface area contributed by atoms with Crippen LogP contribution in [0.2, 0.25) is 0 Å². The fourth-order valence-electron chi connectivity index (χ4n) is 2.04. The van der Waals surface area contributed by atoms with Gasteiger partial charge in [0.1, 0.15) is 11.5 Å². The van der Waals surface area contributed by atoms with Gasteiger partial charge in [0, 0.05) is 29.3 Å². The zero-order valence-electron chi connectivity index (χ0n) is 10.8. The molecule has 1 aromatic rings. The van der Waals surface area contributed by atoms with Crippen LogP contribution in [0.25, 0.3) is 0 Å². The Morgan fingerprint density at radius 3 is 2.78 bits per heavy atom. The molecule has 102 valence electrons. The number of furan rings is 1. The van der Waals surface area contributed by atoms with E-state index in [0.29, 0.717) is 5.75 Å². The second-order valence-corrected chi connectivity index (χ2v) is 6.20. The Balaban J connectivity index is 1.84. The van der Waals surface area contributed by atoms with E-state index in [1.807, 2.05) is 12.1 Å². The lowest BCUT2D eigenvalue weighted by molar-refractivity contribution is 0.0991. The molecule has 18 heavy (non-hydrogen) atoms. The smallest absolute Gasteiger partial charge is 0.118 e. The van der Waals surface area contributed by atoms with Crippen molar-refractivity contribution in [3.63, 3.8) is 0 Å². The van der Waals surface area contributed by atoms with Gasteiger partial charge >= 0.3 is 0 Å². The molecule has 1 aliphatic heterocycles. The summed E-state index contributed by atoms with van der Waals surface area (Å²) in [5, 5.41) is 3.47. The van der Waals surface area contributed by atoms with Gasteiger partial charge in [-0.1, -0.05) is 6.92 Å². The predicted octanol–water partition coefficient (Wildman–Crippen LogP) is 1.82. The summed E-state index contributed by atoms with van der Waals surface area (Å²) in [4.78, 5) is 0. The summed E-state index contributed by atoms with van der Waals surface area (Å²) in [7, 11) is -0.844. The highest BCUT2D eigenvalue weighted by atomic mass is 32.2. The molecule has 0 radical (unpaired) electrons. The van der Waals surface area contributed by atoms with E-state index >= 15 is 0 Å². The average molecular weight is 271 g/mol. The van der Waals surface area contributed by atoms with Crippen molar-refractivity contribution in [1.82, 2.24) is 5.32 Å². The Kier molecular flexibility index (Phi) is 5.41. The molecule has 2 rings (SSSR count). The largest absolute Gasteiger partial charge is 0.464 e. The van der Waals surface area contributed by atoms with Gasteiger partial charge in [-0.25, -0.2) is 0 Å². The van der Waals surface area contributed by atoms with Crippen LogP contribution in [0.1, 0.15) is 31.3 Å². The minimum Gasteiger partial charge on any atom is -0.464 e. The maximum Gasteiger partial charge on any atom is 0.118 e. The van der Waals surface area contributed by atoms with Crippen molar-refractivity contribution in [3.8, 4) is 0 Å². The second kappa shape index (κ2) is 7.07. The molecule has 0 aromatic carbocycles. The van der Waals surface area contributed by atoms with E-state index in [2.05, 4.69) is 12.2 Å². The van der Waals surface area contributed by atoms with Crippen LogP contribution in [0.3, 0.4) is 0 Å². The highest BCUT2D eigenvalue weighted by Gasteiger charge is 2.21.